The molecule has 6 nitrogen and oxygen atoms in total. The van der Waals surface area contributed by atoms with Crippen molar-refractivity contribution in [2.75, 3.05) is 11.1 Å². The molecule has 1 saturated carbocycles. The highest BCUT2D eigenvalue weighted by Gasteiger charge is 2.43. The highest BCUT2D eigenvalue weighted by Crippen LogP contribution is 2.39. The van der Waals surface area contributed by atoms with Gasteiger partial charge in [0.05, 0.1) is 23.6 Å². The first-order valence-corrected chi connectivity index (χ1v) is 8.72. The van der Waals surface area contributed by atoms with E-state index < -0.39 is 0 Å². The van der Waals surface area contributed by atoms with Crippen molar-refractivity contribution in [2.24, 2.45) is 11.8 Å². The van der Waals surface area contributed by atoms with Gasteiger partial charge in [0.1, 0.15) is 5.82 Å². The van der Waals surface area contributed by atoms with Crippen LogP contribution in [0.25, 0.3) is 22.0 Å². The van der Waals surface area contributed by atoms with Gasteiger partial charge in [-0.05, 0) is 54.0 Å². The number of nitrogens with zero attached hydrogens (tertiary/aromatic N) is 3. The van der Waals surface area contributed by atoms with Crippen molar-refractivity contribution < 1.29 is 4.79 Å². The van der Waals surface area contributed by atoms with Crippen molar-refractivity contribution in [1.29, 1.82) is 5.26 Å². The third kappa shape index (κ3) is 2.71. The number of aromatic nitrogens is 2. The predicted molar refractivity (Wildman–Crippen MR) is 97.8 cm³/mol. The van der Waals surface area contributed by atoms with Crippen LogP contribution in [0.1, 0.15) is 12.0 Å². The number of nitrogen functional groups attached to an aromatic ring is 1. The van der Waals surface area contributed by atoms with E-state index in [9.17, 15) is 4.79 Å². The number of anilines is 2. The summed E-state index contributed by atoms with van der Waals surface area (Å²) >= 11 is 1.41. The molecule has 1 aliphatic carbocycles. The maximum Gasteiger partial charge on any atom is 0.230 e. The lowest BCUT2D eigenvalue weighted by Crippen LogP contribution is -2.16. The molecule has 1 amide bonds. The Morgan fingerprint density at radius 3 is 3.00 bits per heavy atom. The molecule has 2 atom stereocenters. The van der Waals surface area contributed by atoms with Crippen molar-refractivity contribution in [3.05, 3.63) is 35.3 Å². The second-order valence-corrected chi connectivity index (χ2v) is 6.87. The Morgan fingerprint density at radius 1 is 1.48 bits per heavy atom. The van der Waals surface area contributed by atoms with Crippen LogP contribution in [0.2, 0.25) is 0 Å². The fraction of sp³-hybridized carbons (Fsp3) is 0.222. The Bertz CT molecular complexity index is 1040. The largest absolute Gasteiger partial charge is 0.398 e. The van der Waals surface area contributed by atoms with Crippen LogP contribution in [-0.2, 0) is 4.79 Å². The lowest BCUT2D eigenvalue weighted by Gasteiger charge is -2.11. The average Bonchev–Trinajstić information content (AvgIpc) is 3.27. The quantitative estimate of drug-likeness (QED) is 0.706. The minimum atomic E-state index is -0.250. The third-order valence-electron chi connectivity index (χ3n) is 4.45. The molecule has 0 aliphatic heterocycles. The highest BCUT2D eigenvalue weighted by atomic mass is 32.1. The van der Waals surface area contributed by atoms with Crippen LogP contribution in [0.15, 0.2) is 29.8 Å². The Balaban J connectivity index is 1.74. The number of benzene rings is 1. The zero-order valence-corrected chi connectivity index (χ0v) is 14.3. The molecule has 2 aromatic heterocycles. The zero-order chi connectivity index (χ0) is 17.6. The molecule has 2 unspecified atom stereocenters. The molecule has 1 aromatic carbocycles. The van der Waals surface area contributed by atoms with Gasteiger partial charge in [-0.25, -0.2) is 4.98 Å². The highest BCUT2D eigenvalue weighted by molar-refractivity contribution is 7.04. The Morgan fingerprint density at radius 2 is 2.32 bits per heavy atom. The van der Waals surface area contributed by atoms with E-state index in [0.29, 0.717) is 23.3 Å². The molecule has 4 rings (SSSR count). The van der Waals surface area contributed by atoms with Gasteiger partial charge in [-0.2, -0.15) is 9.64 Å². The van der Waals surface area contributed by atoms with Gasteiger partial charge in [0.15, 0.2) is 0 Å². The summed E-state index contributed by atoms with van der Waals surface area (Å²) in [5.74, 6) is -0.178. The topological polar surface area (TPSA) is 105 Å². The standard InChI is InChI=1S/C18H15N5OS/c1-9-8-25-23-16(9)11-4-10-2-3-21-17(15(10)14(20)6-11)22-18(24)13-5-12(13)7-19/h2-4,6,8,12-13H,5,20H2,1H3,(H,21,22,24). The van der Waals surface area contributed by atoms with Gasteiger partial charge < -0.3 is 11.1 Å². The lowest BCUT2D eigenvalue weighted by atomic mass is 10.0. The van der Waals surface area contributed by atoms with Crippen LogP contribution in [0.5, 0.6) is 0 Å². The zero-order valence-electron chi connectivity index (χ0n) is 13.5. The number of hydrogen-bond acceptors (Lipinski definition) is 6. The molecule has 3 N–H and O–H groups in total. The summed E-state index contributed by atoms with van der Waals surface area (Å²) in [6.07, 6.45) is 2.25. The van der Waals surface area contributed by atoms with Gasteiger partial charge in [-0.15, -0.1) is 0 Å². The lowest BCUT2D eigenvalue weighted by molar-refractivity contribution is -0.117. The predicted octanol–water partition coefficient (Wildman–Crippen LogP) is 3.35. The number of fused-ring (bicyclic) bond motifs is 1. The van der Waals surface area contributed by atoms with Crippen molar-refractivity contribution in [1.82, 2.24) is 9.36 Å². The van der Waals surface area contributed by atoms with Crippen LogP contribution in [0.4, 0.5) is 11.5 Å². The summed E-state index contributed by atoms with van der Waals surface area (Å²) in [5.41, 5.74) is 9.76. The molecule has 124 valence electrons. The normalized spacial score (nSPS) is 18.7. The summed E-state index contributed by atoms with van der Waals surface area (Å²) in [6, 6.07) is 7.84. The maximum atomic E-state index is 12.2. The summed E-state index contributed by atoms with van der Waals surface area (Å²) < 4.78 is 4.42. The second-order valence-electron chi connectivity index (χ2n) is 6.24. The SMILES string of the molecule is Cc1csnc1-c1cc(N)c2c(NC(=O)C3CC3C#N)nccc2c1. The average molecular weight is 349 g/mol. The van der Waals surface area contributed by atoms with E-state index in [2.05, 4.69) is 20.7 Å². The number of rotatable bonds is 3. The van der Waals surface area contributed by atoms with E-state index in [1.807, 2.05) is 30.5 Å². The monoisotopic (exact) mass is 349 g/mol. The number of pyridine rings is 1. The fourth-order valence-corrected chi connectivity index (χ4v) is 3.66. The molecule has 1 fully saturated rings. The number of carbonyl (C=O) groups is 1. The van der Waals surface area contributed by atoms with E-state index in [1.54, 1.807) is 6.20 Å². The van der Waals surface area contributed by atoms with Gasteiger partial charge in [0.2, 0.25) is 5.91 Å². The first kappa shape index (κ1) is 15.5. The van der Waals surface area contributed by atoms with E-state index in [-0.39, 0.29) is 17.7 Å². The molecule has 3 aromatic rings. The molecule has 0 bridgehead atoms. The van der Waals surface area contributed by atoms with Crippen molar-refractivity contribution in [3.63, 3.8) is 0 Å². The van der Waals surface area contributed by atoms with Crippen LogP contribution in [0, 0.1) is 30.1 Å². The number of nitrogens with two attached hydrogens (primary N) is 1. The van der Waals surface area contributed by atoms with Crippen LogP contribution < -0.4 is 11.1 Å². The molecule has 25 heavy (non-hydrogen) atoms. The molecule has 7 heteroatoms. The van der Waals surface area contributed by atoms with Crippen molar-refractivity contribution in [2.45, 2.75) is 13.3 Å². The van der Waals surface area contributed by atoms with Gasteiger partial charge in [0, 0.05) is 28.2 Å². The smallest absolute Gasteiger partial charge is 0.230 e. The van der Waals surface area contributed by atoms with E-state index >= 15 is 0 Å². The Kier molecular flexibility index (Phi) is 3.62. The molecule has 0 spiro atoms. The number of hydrogen-bond donors (Lipinski definition) is 2. The van der Waals surface area contributed by atoms with Gasteiger partial charge in [-0.1, -0.05) is 0 Å². The van der Waals surface area contributed by atoms with E-state index in [0.717, 1.165) is 22.2 Å². The van der Waals surface area contributed by atoms with Crippen LogP contribution in [-0.4, -0.2) is 15.3 Å². The second kappa shape index (κ2) is 5.83. The summed E-state index contributed by atoms with van der Waals surface area (Å²) in [4.78, 5) is 16.5. The summed E-state index contributed by atoms with van der Waals surface area (Å²) in [5, 5.41) is 15.3. The molecular weight excluding hydrogens is 334 g/mol. The molecule has 1 aliphatic rings. The van der Waals surface area contributed by atoms with Gasteiger partial charge in [0.25, 0.3) is 0 Å². The third-order valence-corrected chi connectivity index (χ3v) is 5.20. The Hall–Kier alpha value is -2.98. The maximum absolute atomic E-state index is 12.2. The van der Waals surface area contributed by atoms with E-state index in [1.165, 1.54) is 11.5 Å². The minimum absolute atomic E-state index is 0.176. The first-order chi connectivity index (χ1) is 12.1. The molecule has 0 saturated heterocycles. The van der Waals surface area contributed by atoms with Crippen LogP contribution >= 0.6 is 11.5 Å². The fourth-order valence-electron chi connectivity index (χ4n) is 2.98. The van der Waals surface area contributed by atoms with Gasteiger partial charge in [-0.3, -0.25) is 4.79 Å². The number of aryl methyl sites for hydroxylation is 1. The molecule has 2 heterocycles. The van der Waals surface area contributed by atoms with Crippen molar-refractivity contribution >= 4 is 39.7 Å². The number of carbonyl (C=O) groups excluding carboxylic acids is 1. The molecular formula is C18H15N5OS. The first-order valence-electron chi connectivity index (χ1n) is 7.88. The van der Waals surface area contributed by atoms with E-state index in [4.69, 9.17) is 11.0 Å². The number of nitrogens with one attached hydrogen (secondary N) is 1. The van der Waals surface area contributed by atoms with Crippen molar-refractivity contribution in [3.8, 4) is 17.3 Å². The summed E-state index contributed by atoms with van der Waals surface area (Å²) in [6.45, 7) is 2.01. The Labute approximate surface area is 148 Å². The number of nitriles is 1. The summed E-state index contributed by atoms with van der Waals surface area (Å²) in [7, 11) is 0. The minimum Gasteiger partial charge on any atom is -0.398 e. The molecule has 0 radical (unpaired) electrons. The number of amides is 1. The van der Waals surface area contributed by atoms with Gasteiger partial charge >= 0.3 is 0 Å². The van der Waals surface area contributed by atoms with Crippen LogP contribution in [0.3, 0.4) is 0 Å².